The number of allylic oxidation sites excluding steroid dienone is 4. The van der Waals surface area contributed by atoms with E-state index in [2.05, 4.69) is 16.8 Å². The summed E-state index contributed by atoms with van der Waals surface area (Å²) in [5.41, 5.74) is 2.34. The number of nitrogens with one attached hydrogen (secondary N) is 1. The van der Waals surface area contributed by atoms with Crippen molar-refractivity contribution in [3.05, 3.63) is 65.3 Å². The number of hydrogen-bond acceptors (Lipinski definition) is 4. The number of aliphatic hydroxyl groups excluding tert-OH is 1. The van der Waals surface area contributed by atoms with Crippen molar-refractivity contribution in [1.29, 1.82) is 0 Å². The summed E-state index contributed by atoms with van der Waals surface area (Å²) >= 11 is 0. The first-order chi connectivity index (χ1) is 17.4. The molecule has 1 saturated heterocycles. The van der Waals surface area contributed by atoms with E-state index in [1.165, 1.54) is 6.08 Å². The van der Waals surface area contributed by atoms with Crippen molar-refractivity contribution in [2.75, 3.05) is 38.1 Å². The van der Waals surface area contributed by atoms with E-state index in [0.717, 1.165) is 42.4 Å². The normalized spacial score (nSPS) is 19.7. The number of carbonyl (C=O) groups excluding carboxylic acids is 2. The van der Waals surface area contributed by atoms with E-state index in [1.807, 2.05) is 13.8 Å². The Morgan fingerprint density at radius 2 is 2.05 bits per heavy atom. The molecule has 2 N–H and O–H groups in total. The van der Waals surface area contributed by atoms with Gasteiger partial charge in [0.05, 0.1) is 12.5 Å². The topological polar surface area (TPSA) is 72.9 Å². The lowest BCUT2D eigenvalue weighted by atomic mass is 9.89. The molecule has 1 aromatic rings. The van der Waals surface area contributed by atoms with Crippen LogP contribution < -0.4 is 10.2 Å². The van der Waals surface area contributed by atoms with Crippen molar-refractivity contribution in [3.63, 3.8) is 0 Å². The molecule has 2 amide bonds. The molecule has 2 heterocycles. The third-order valence-corrected chi connectivity index (χ3v) is 7.01. The molecule has 1 fully saturated rings. The summed E-state index contributed by atoms with van der Waals surface area (Å²) in [7, 11) is 1.71. The van der Waals surface area contributed by atoms with Crippen LogP contribution in [0.1, 0.15) is 42.6 Å². The Morgan fingerprint density at radius 3 is 2.73 bits per heavy atom. The quantitative estimate of drug-likeness (QED) is 0.453. The van der Waals surface area contributed by atoms with Gasteiger partial charge in [0.1, 0.15) is 0 Å². The van der Waals surface area contributed by atoms with Crippen LogP contribution in [0.25, 0.3) is 0 Å². The highest BCUT2D eigenvalue weighted by molar-refractivity contribution is 6.03. The van der Waals surface area contributed by atoms with Gasteiger partial charge in [0.2, 0.25) is 5.91 Å². The third kappa shape index (κ3) is 7.55. The molecule has 1 aromatic carbocycles. The zero-order valence-corrected chi connectivity index (χ0v) is 21.6. The first-order valence-electron chi connectivity index (χ1n) is 12.6. The van der Waals surface area contributed by atoms with Crippen LogP contribution in [0.2, 0.25) is 0 Å². The number of anilines is 1. The van der Waals surface area contributed by atoms with Gasteiger partial charge in [-0.1, -0.05) is 44.2 Å². The van der Waals surface area contributed by atoms with Crippen molar-refractivity contribution in [2.24, 2.45) is 11.8 Å². The van der Waals surface area contributed by atoms with Crippen LogP contribution in [0.15, 0.2) is 54.2 Å². The summed E-state index contributed by atoms with van der Waals surface area (Å²) in [6, 6.07) is 5.20. The first-order valence-corrected chi connectivity index (χ1v) is 12.6. The molecule has 0 bridgehead atoms. The van der Waals surface area contributed by atoms with Gasteiger partial charge < -0.3 is 20.2 Å². The molecule has 2 atom stereocenters. The van der Waals surface area contributed by atoms with Crippen molar-refractivity contribution in [2.45, 2.75) is 45.4 Å². The maximum Gasteiger partial charge on any atom is 0.415 e. The molecule has 0 spiro atoms. The van der Waals surface area contributed by atoms with Gasteiger partial charge in [0.15, 0.2) is 0 Å². The molecule has 37 heavy (non-hydrogen) atoms. The van der Waals surface area contributed by atoms with Gasteiger partial charge in [-0.3, -0.25) is 9.59 Å². The monoisotopic (exact) mass is 519 g/mol. The Hall–Kier alpha value is -2.91. The molecule has 0 radical (unpaired) electrons. The largest absolute Gasteiger partial charge is 0.415 e. The van der Waals surface area contributed by atoms with E-state index < -0.39 is 17.9 Å². The molecule has 0 saturated carbocycles. The van der Waals surface area contributed by atoms with E-state index in [-0.39, 0.29) is 30.1 Å². The Bertz CT molecular complexity index is 1080. The van der Waals surface area contributed by atoms with Crippen LogP contribution in [-0.2, 0) is 11.2 Å². The van der Waals surface area contributed by atoms with Gasteiger partial charge >= 0.3 is 6.18 Å². The average Bonchev–Trinajstić information content (AvgIpc) is 3.38. The Kier molecular flexibility index (Phi) is 9.36. The smallest absolute Gasteiger partial charge is 0.392 e. The zero-order valence-electron chi connectivity index (χ0n) is 21.6. The highest BCUT2D eigenvalue weighted by atomic mass is 19.4. The van der Waals surface area contributed by atoms with Gasteiger partial charge in [0.25, 0.3) is 5.91 Å². The Balaban J connectivity index is 1.45. The number of likely N-dealkylation sites (tertiary alicyclic amines) is 1. The van der Waals surface area contributed by atoms with E-state index in [0.29, 0.717) is 25.1 Å². The number of aliphatic hydroxyl groups is 1. The Morgan fingerprint density at radius 1 is 1.32 bits per heavy atom. The van der Waals surface area contributed by atoms with Gasteiger partial charge in [-0.05, 0) is 55.0 Å². The number of amides is 2. The van der Waals surface area contributed by atoms with E-state index in [9.17, 15) is 27.9 Å². The number of halogens is 3. The molecular weight excluding hydrogens is 483 g/mol. The number of rotatable bonds is 10. The number of alkyl halides is 3. The molecule has 0 aromatic heterocycles. The lowest BCUT2D eigenvalue weighted by molar-refractivity contribution is -0.117. The number of fused-ring (bicyclic) bond motifs is 1. The van der Waals surface area contributed by atoms with E-state index in [1.54, 1.807) is 36.2 Å². The molecule has 2 unspecified atom stereocenters. The standard InChI is InChI=1S/C28H36F3N3O3/c1-18(2)24(7-5-6-19(3)28(29,30)31)21-11-13-34(16-21)17-23(35)10-12-32-27(37)20-8-9-25-22(14-20)15-26(36)33(25)4/h5-9,14,18,21,23,35H,3,10-13,15-17H2,1-2,4H3,(H,32,37)/b6-5-,24-7+. The van der Waals surface area contributed by atoms with Gasteiger partial charge in [-0.2, -0.15) is 13.2 Å². The van der Waals surface area contributed by atoms with E-state index in [4.69, 9.17) is 0 Å². The predicted octanol–water partition coefficient (Wildman–Crippen LogP) is 4.27. The highest BCUT2D eigenvalue weighted by Crippen LogP contribution is 2.30. The van der Waals surface area contributed by atoms with Crippen molar-refractivity contribution < 1.29 is 27.9 Å². The fraction of sp³-hybridized carbons (Fsp3) is 0.500. The number of β-amino-alcohol motifs (C(OH)–C–C–N with tert-alkyl or cyclic N) is 1. The molecule has 3 rings (SSSR count). The zero-order chi connectivity index (χ0) is 27.3. The second-order valence-electron chi connectivity index (χ2n) is 10.1. The van der Waals surface area contributed by atoms with Crippen molar-refractivity contribution in [1.82, 2.24) is 10.2 Å². The number of nitrogens with zero attached hydrogens (tertiary/aromatic N) is 2. The van der Waals surface area contributed by atoms with Gasteiger partial charge in [-0.25, -0.2) is 0 Å². The number of benzene rings is 1. The Labute approximate surface area is 216 Å². The molecular formula is C28H36F3N3O3. The van der Waals surface area contributed by atoms with Gasteiger partial charge in [-0.15, -0.1) is 0 Å². The number of likely N-dealkylation sites (N-methyl/N-ethyl adjacent to an activating group) is 1. The minimum Gasteiger partial charge on any atom is -0.392 e. The summed E-state index contributed by atoms with van der Waals surface area (Å²) in [5, 5.41) is 13.3. The van der Waals surface area contributed by atoms with Gasteiger partial charge in [0, 0.05) is 43.5 Å². The highest BCUT2D eigenvalue weighted by Gasteiger charge is 2.30. The minimum atomic E-state index is -4.43. The fourth-order valence-electron chi connectivity index (χ4n) is 4.90. The summed E-state index contributed by atoms with van der Waals surface area (Å²) in [6.45, 7) is 9.41. The maximum absolute atomic E-state index is 12.7. The minimum absolute atomic E-state index is 0.000317. The second-order valence-corrected chi connectivity index (χ2v) is 10.1. The number of carbonyl (C=O) groups is 2. The molecule has 9 heteroatoms. The van der Waals surface area contributed by atoms with Crippen LogP contribution in [0.4, 0.5) is 18.9 Å². The maximum atomic E-state index is 12.7. The number of hydrogen-bond donors (Lipinski definition) is 2. The average molecular weight is 520 g/mol. The summed E-state index contributed by atoms with van der Waals surface area (Å²) in [6.07, 6.45) is 0.680. The first kappa shape index (κ1) is 28.7. The fourth-order valence-corrected chi connectivity index (χ4v) is 4.90. The molecule has 202 valence electrons. The van der Waals surface area contributed by atoms with Crippen LogP contribution in [-0.4, -0.2) is 67.3 Å². The molecule has 6 nitrogen and oxygen atoms in total. The summed E-state index contributed by atoms with van der Waals surface area (Å²) < 4.78 is 38.0. The second kappa shape index (κ2) is 12.1. The molecule has 2 aliphatic heterocycles. The van der Waals surface area contributed by atoms with E-state index >= 15 is 0 Å². The van der Waals surface area contributed by atoms with Crippen LogP contribution in [0.3, 0.4) is 0 Å². The van der Waals surface area contributed by atoms with Crippen molar-refractivity contribution >= 4 is 17.5 Å². The van der Waals surface area contributed by atoms with Crippen molar-refractivity contribution in [3.8, 4) is 0 Å². The summed E-state index contributed by atoms with van der Waals surface area (Å²) in [4.78, 5) is 28.1. The molecule has 0 aliphatic carbocycles. The predicted molar refractivity (Wildman–Crippen MR) is 138 cm³/mol. The van der Waals surface area contributed by atoms with Crippen LogP contribution >= 0.6 is 0 Å². The SMILES string of the molecule is C=C(/C=C\C=C(/C(C)C)C1CCN(CC(O)CCNC(=O)c2ccc3c(c2)CC(=O)N3C)C1)C(F)(F)F. The molecule has 2 aliphatic rings. The third-order valence-electron chi connectivity index (χ3n) is 7.01. The lowest BCUT2D eigenvalue weighted by Crippen LogP contribution is -2.34. The van der Waals surface area contributed by atoms with Crippen LogP contribution in [0, 0.1) is 11.8 Å². The van der Waals surface area contributed by atoms with Crippen LogP contribution in [0.5, 0.6) is 0 Å². The summed E-state index contributed by atoms with van der Waals surface area (Å²) in [5.74, 6) is 0.152. The lowest BCUT2D eigenvalue weighted by Gasteiger charge is -2.22.